The maximum absolute atomic E-state index is 11.0. The molecule has 50 valence electrons. The van der Waals surface area contributed by atoms with Gasteiger partial charge in [0.25, 0.3) is 0 Å². The Kier molecular flexibility index (Phi) is 1.19. The molecule has 0 saturated heterocycles. The van der Waals surface area contributed by atoms with E-state index in [1.807, 2.05) is 24.3 Å². The molecule has 0 bridgehead atoms. The van der Waals surface area contributed by atoms with Crippen LogP contribution in [0.1, 0.15) is 0 Å². The van der Waals surface area contributed by atoms with Crippen molar-refractivity contribution in [3.05, 3.63) is 30.5 Å². The summed E-state index contributed by atoms with van der Waals surface area (Å²) in [5.74, 6) is 0. The summed E-state index contributed by atoms with van der Waals surface area (Å²) in [7, 11) is -1.15. The summed E-state index contributed by atoms with van der Waals surface area (Å²) in [6, 6.07) is 7.50. The van der Waals surface area contributed by atoms with Crippen molar-refractivity contribution in [3.63, 3.8) is 0 Å². The average Bonchev–Trinajstić information content (AvgIpc) is 2.36. The van der Waals surface area contributed by atoms with Gasteiger partial charge >= 0.3 is 0 Å². The first kappa shape index (κ1) is 5.82. The Bertz CT molecular complexity index is 317. The number of rotatable bonds is 0. The quantitative estimate of drug-likeness (QED) is 0.539. The number of hydrogen-bond donors (Lipinski definition) is 0. The smallest absolute Gasteiger partial charge is 0.204 e. The SMILES string of the molecule is [O-][s+]1nccc2cccc1-2. The number of aromatic nitrogens is 1. The van der Waals surface area contributed by atoms with E-state index < -0.39 is 10.9 Å². The summed E-state index contributed by atoms with van der Waals surface area (Å²) >= 11 is 0. The van der Waals surface area contributed by atoms with E-state index in [-0.39, 0.29) is 0 Å². The molecule has 3 heteroatoms. The highest BCUT2D eigenvalue weighted by Crippen LogP contribution is 2.30. The van der Waals surface area contributed by atoms with Crippen LogP contribution in [-0.4, -0.2) is 8.93 Å². The topological polar surface area (TPSA) is 36.0 Å². The molecule has 1 unspecified atom stereocenters. The zero-order chi connectivity index (χ0) is 6.97. The molecule has 0 saturated carbocycles. The molecule has 1 aliphatic heterocycles. The molecule has 2 rings (SSSR count). The first-order chi connectivity index (χ1) is 4.88. The third kappa shape index (κ3) is 0.716. The van der Waals surface area contributed by atoms with Gasteiger partial charge < -0.3 is 4.55 Å². The third-order valence-electron chi connectivity index (χ3n) is 1.41. The van der Waals surface area contributed by atoms with Gasteiger partial charge in [-0.25, -0.2) is 0 Å². The van der Waals surface area contributed by atoms with Crippen LogP contribution in [0.15, 0.2) is 30.5 Å². The van der Waals surface area contributed by atoms with Crippen LogP contribution in [0.2, 0.25) is 0 Å². The molecule has 1 heterocycles. The van der Waals surface area contributed by atoms with Gasteiger partial charge in [0.05, 0.1) is 17.1 Å². The lowest BCUT2D eigenvalue weighted by Crippen LogP contribution is -1.76. The van der Waals surface area contributed by atoms with Crippen molar-refractivity contribution in [2.24, 2.45) is 0 Å². The van der Waals surface area contributed by atoms with Gasteiger partial charge in [0.1, 0.15) is 0 Å². The highest BCUT2D eigenvalue weighted by Gasteiger charge is 2.09. The van der Waals surface area contributed by atoms with Crippen molar-refractivity contribution in [3.8, 4) is 10.4 Å². The first-order valence-corrected chi connectivity index (χ1v) is 4.03. The molecule has 0 aromatic carbocycles. The maximum atomic E-state index is 11.0. The fraction of sp³-hybridized carbons (Fsp3) is 0. The van der Waals surface area contributed by atoms with Gasteiger partial charge in [0.15, 0.2) is 0 Å². The fourth-order valence-electron chi connectivity index (χ4n) is 0.937. The van der Waals surface area contributed by atoms with Crippen molar-refractivity contribution in [1.82, 2.24) is 4.37 Å². The van der Waals surface area contributed by atoms with Gasteiger partial charge in [0, 0.05) is 11.6 Å². The Morgan fingerprint density at radius 2 is 2.20 bits per heavy atom. The molecule has 0 spiro atoms. The van der Waals surface area contributed by atoms with Gasteiger partial charge in [-0.05, 0) is 16.5 Å². The Morgan fingerprint density at radius 1 is 1.30 bits per heavy atom. The summed E-state index contributed by atoms with van der Waals surface area (Å²) in [5, 5.41) is 0. The maximum Gasteiger partial charge on any atom is 0.204 e. The molecule has 0 aromatic heterocycles. The number of hydrogen-bond acceptors (Lipinski definition) is 2. The summed E-state index contributed by atoms with van der Waals surface area (Å²) in [4.78, 5) is 0.822. The summed E-state index contributed by atoms with van der Waals surface area (Å²) in [6.07, 6.45) is 1.58. The van der Waals surface area contributed by atoms with E-state index in [1.165, 1.54) is 0 Å². The second-order valence-corrected chi connectivity index (χ2v) is 3.16. The zero-order valence-corrected chi connectivity index (χ0v) is 5.97. The second-order valence-electron chi connectivity index (χ2n) is 2.02. The Labute approximate surface area is 61.4 Å². The average molecular weight is 151 g/mol. The molecule has 0 radical (unpaired) electrons. The minimum absolute atomic E-state index is 0.822. The van der Waals surface area contributed by atoms with Gasteiger partial charge in [0.2, 0.25) is 4.88 Å². The van der Waals surface area contributed by atoms with Crippen molar-refractivity contribution < 1.29 is 4.55 Å². The zero-order valence-electron chi connectivity index (χ0n) is 5.15. The standard InChI is InChI=1S/C7H5NOS/c9-10-7-3-1-2-6(7)4-5-8-10/h1-5H. The van der Waals surface area contributed by atoms with Gasteiger partial charge in [-0.15, -0.1) is 0 Å². The van der Waals surface area contributed by atoms with E-state index in [4.69, 9.17) is 0 Å². The van der Waals surface area contributed by atoms with Gasteiger partial charge in [-0.2, -0.15) is 0 Å². The predicted octanol–water partition coefficient (Wildman–Crippen LogP) is 1.91. The van der Waals surface area contributed by atoms with Crippen molar-refractivity contribution in [1.29, 1.82) is 0 Å². The minimum Gasteiger partial charge on any atom is -0.568 e. The second kappa shape index (κ2) is 2.04. The van der Waals surface area contributed by atoms with E-state index in [2.05, 4.69) is 4.37 Å². The summed E-state index contributed by atoms with van der Waals surface area (Å²) in [5.41, 5.74) is 1.02. The highest BCUT2D eigenvalue weighted by molar-refractivity contribution is 7.22. The largest absolute Gasteiger partial charge is 0.568 e. The fourth-order valence-corrected chi connectivity index (χ4v) is 1.75. The van der Waals surface area contributed by atoms with Crippen LogP contribution in [0.25, 0.3) is 10.4 Å². The normalized spacial score (nSPS) is 12.3. The molecule has 0 aromatic rings. The minimum atomic E-state index is -1.15. The van der Waals surface area contributed by atoms with Crippen LogP contribution in [0.3, 0.4) is 0 Å². The monoisotopic (exact) mass is 151 g/mol. The molecule has 10 heavy (non-hydrogen) atoms. The predicted molar refractivity (Wildman–Crippen MR) is 39.5 cm³/mol. The number of fused-ring (bicyclic) bond motifs is 1. The van der Waals surface area contributed by atoms with Crippen LogP contribution in [-0.2, 0) is 0 Å². The molecule has 2 nitrogen and oxygen atoms in total. The van der Waals surface area contributed by atoms with E-state index in [9.17, 15) is 4.55 Å². The van der Waals surface area contributed by atoms with E-state index in [0.29, 0.717) is 0 Å². The highest BCUT2D eigenvalue weighted by atomic mass is 32.2. The molecular formula is C7H5NOS. The lowest BCUT2D eigenvalue weighted by Gasteiger charge is -1.94. The van der Waals surface area contributed by atoms with Crippen LogP contribution < -0.4 is 0 Å². The lowest BCUT2D eigenvalue weighted by molar-refractivity contribution is 0.591. The molecular weight excluding hydrogens is 146 g/mol. The van der Waals surface area contributed by atoms with E-state index >= 15 is 0 Å². The van der Waals surface area contributed by atoms with Crippen LogP contribution in [0.4, 0.5) is 0 Å². The Hall–Kier alpha value is -0.930. The van der Waals surface area contributed by atoms with Crippen molar-refractivity contribution in [2.75, 3.05) is 0 Å². The molecule has 0 fully saturated rings. The third-order valence-corrected chi connectivity index (χ3v) is 2.47. The molecule has 2 aliphatic rings. The van der Waals surface area contributed by atoms with Crippen LogP contribution in [0.5, 0.6) is 0 Å². The Balaban J connectivity index is 2.80. The van der Waals surface area contributed by atoms with Crippen LogP contribution in [0, 0.1) is 0 Å². The molecule has 0 N–H and O–H groups in total. The molecule has 0 amide bonds. The van der Waals surface area contributed by atoms with Crippen molar-refractivity contribution >= 4 is 10.9 Å². The Morgan fingerprint density at radius 3 is 3.00 bits per heavy atom. The lowest BCUT2D eigenvalue weighted by atomic mass is 10.3. The number of nitrogens with zero attached hydrogens (tertiary/aromatic N) is 1. The van der Waals surface area contributed by atoms with Gasteiger partial charge in [-0.3, -0.25) is 0 Å². The van der Waals surface area contributed by atoms with Crippen molar-refractivity contribution in [2.45, 2.75) is 0 Å². The van der Waals surface area contributed by atoms with E-state index in [0.717, 1.165) is 10.4 Å². The van der Waals surface area contributed by atoms with E-state index in [1.54, 1.807) is 6.20 Å². The van der Waals surface area contributed by atoms with Crippen LogP contribution >= 0.6 is 10.9 Å². The molecule has 1 atom stereocenters. The summed E-state index contributed by atoms with van der Waals surface area (Å²) in [6.45, 7) is 0. The summed E-state index contributed by atoms with van der Waals surface area (Å²) < 4.78 is 14.8. The van der Waals surface area contributed by atoms with Gasteiger partial charge in [-0.1, -0.05) is 6.07 Å². The first-order valence-electron chi connectivity index (χ1n) is 2.93. The molecule has 1 aliphatic carbocycles.